The monoisotopic (exact) mass is 263 g/mol. The minimum atomic E-state index is 0.0577. The molecule has 1 heterocycles. The highest BCUT2D eigenvalue weighted by Gasteiger charge is 2.18. The fourth-order valence-electron chi connectivity index (χ4n) is 2.67. The molecule has 0 aliphatic heterocycles. The molecule has 0 spiro atoms. The number of halogens is 1. The van der Waals surface area contributed by atoms with E-state index < -0.39 is 0 Å². The predicted molar refractivity (Wildman–Crippen MR) is 72.8 cm³/mol. The van der Waals surface area contributed by atoms with E-state index in [9.17, 15) is 4.79 Å². The Morgan fingerprint density at radius 3 is 2.83 bits per heavy atom. The molecule has 0 fully saturated rings. The lowest BCUT2D eigenvalue weighted by molar-refractivity contribution is 0.418. The zero-order valence-electron chi connectivity index (χ0n) is 10.2. The average Bonchev–Trinajstić information content (AvgIpc) is 2.39. The van der Waals surface area contributed by atoms with Crippen LogP contribution in [0.25, 0.3) is 10.9 Å². The van der Waals surface area contributed by atoms with Crippen LogP contribution >= 0.6 is 11.6 Å². The summed E-state index contributed by atoms with van der Waals surface area (Å²) in [6.07, 6.45) is 3.96. The molecule has 1 N–H and O–H groups in total. The van der Waals surface area contributed by atoms with Crippen LogP contribution in [0.4, 0.5) is 0 Å². The molecule has 1 aromatic carbocycles. The van der Waals surface area contributed by atoms with Gasteiger partial charge in [0, 0.05) is 11.3 Å². The summed E-state index contributed by atoms with van der Waals surface area (Å²) in [4.78, 5) is 15.8. The molecule has 94 valence electrons. The average molecular weight is 264 g/mol. The first-order valence-corrected chi connectivity index (χ1v) is 6.50. The number of rotatable bonds is 1. The molecule has 0 unspecified atom stereocenters. The third-order valence-electron chi connectivity index (χ3n) is 3.58. The normalized spacial score (nSPS) is 14.6. The van der Waals surface area contributed by atoms with Crippen LogP contribution in [0.2, 0.25) is 5.02 Å². The van der Waals surface area contributed by atoms with Gasteiger partial charge in [-0.15, -0.1) is 0 Å². The fraction of sp³-hybridized carbons (Fsp3) is 0.357. The highest BCUT2D eigenvalue weighted by atomic mass is 35.5. The number of methoxy groups -OCH3 is 1. The van der Waals surface area contributed by atoms with Crippen molar-refractivity contribution in [3.8, 4) is 5.75 Å². The number of H-pyrrole nitrogens is 1. The molecule has 2 aromatic rings. The Labute approximate surface area is 110 Å². The second kappa shape index (κ2) is 4.32. The summed E-state index contributed by atoms with van der Waals surface area (Å²) in [6.45, 7) is 0. The van der Waals surface area contributed by atoms with E-state index in [1.165, 1.54) is 0 Å². The lowest BCUT2D eigenvalue weighted by atomic mass is 9.94. The molecule has 3 rings (SSSR count). The van der Waals surface area contributed by atoms with E-state index in [0.29, 0.717) is 16.2 Å². The number of aryl methyl sites for hydroxylation is 1. The first-order valence-electron chi connectivity index (χ1n) is 6.12. The van der Waals surface area contributed by atoms with Gasteiger partial charge >= 0.3 is 0 Å². The topological polar surface area (TPSA) is 42.1 Å². The third kappa shape index (κ3) is 1.62. The number of aromatic amines is 1. The van der Waals surface area contributed by atoms with Crippen molar-refractivity contribution in [1.29, 1.82) is 0 Å². The second-order valence-corrected chi connectivity index (χ2v) is 5.03. The van der Waals surface area contributed by atoms with Crippen molar-refractivity contribution in [3.05, 3.63) is 38.6 Å². The molecule has 1 aliphatic carbocycles. The van der Waals surface area contributed by atoms with Crippen LogP contribution in [0, 0.1) is 0 Å². The number of benzene rings is 1. The highest BCUT2D eigenvalue weighted by Crippen LogP contribution is 2.30. The molecule has 1 aliphatic rings. The van der Waals surface area contributed by atoms with E-state index in [0.717, 1.165) is 42.5 Å². The van der Waals surface area contributed by atoms with Crippen molar-refractivity contribution in [1.82, 2.24) is 4.98 Å². The Kier molecular flexibility index (Phi) is 2.78. The number of hydrogen-bond donors (Lipinski definition) is 1. The zero-order valence-corrected chi connectivity index (χ0v) is 10.9. The summed E-state index contributed by atoms with van der Waals surface area (Å²) in [5.74, 6) is 0.667. The second-order valence-electron chi connectivity index (χ2n) is 4.62. The van der Waals surface area contributed by atoms with Crippen molar-refractivity contribution in [3.63, 3.8) is 0 Å². The molecule has 0 saturated carbocycles. The first kappa shape index (κ1) is 11.6. The first-order chi connectivity index (χ1) is 8.72. The van der Waals surface area contributed by atoms with Crippen molar-refractivity contribution >= 4 is 22.5 Å². The quantitative estimate of drug-likeness (QED) is 0.859. The number of fused-ring (bicyclic) bond motifs is 2. The van der Waals surface area contributed by atoms with Crippen molar-refractivity contribution < 1.29 is 4.74 Å². The fourth-order valence-corrected chi connectivity index (χ4v) is 2.91. The standard InChI is InChI=1S/C14H14ClNO2/c1-18-11-7-6-9(15)12-13(11)16-10-5-3-2-4-8(10)14(12)17/h6-7H,2-5H2,1H3,(H,16,17). The van der Waals surface area contributed by atoms with Crippen LogP contribution in [0.3, 0.4) is 0 Å². The number of ether oxygens (including phenoxy) is 1. The van der Waals surface area contributed by atoms with E-state index >= 15 is 0 Å². The van der Waals surface area contributed by atoms with Crippen LogP contribution < -0.4 is 10.2 Å². The summed E-state index contributed by atoms with van der Waals surface area (Å²) in [6, 6.07) is 3.50. The lowest BCUT2D eigenvalue weighted by Gasteiger charge is -2.17. The van der Waals surface area contributed by atoms with Gasteiger partial charge in [-0.1, -0.05) is 11.6 Å². The molecule has 18 heavy (non-hydrogen) atoms. The third-order valence-corrected chi connectivity index (χ3v) is 3.90. The Hall–Kier alpha value is -1.48. The number of hydrogen-bond acceptors (Lipinski definition) is 2. The van der Waals surface area contributed by atoms with Crippen LogP contribution in [-0.4, -0.2) is 12.1 Å². The summed E-state index contributed by atoms with van der Waals surface area (Å²) in [5.41, 5.74) is 2.71. The van der Waals surface area contributed by atoms with Crippen LogP contribution in [-0.2, 0) is 12.8 Å². The smallest absolute Gasteiger partial charge is 0.194 e. The van der Waals surface area contributed by atoms with Crippen molar-refractivity contribution in [2.45, 2.75) is 25.7 Å². The van der Waals surface area contributed by atoms with Gasteiger partial charge in [0.1, 0.15) is 5.75 Å². The molecule has 3 nitrogen and oxygen atoms in total. The van der Waals surface area contributed by atoms with Gasteiger partial charge in [-0.2, -0.15) is 0 Å². The van der Waals surface area contributed by atoms with Crippen LogP contribution in [0.15, 0.2) is 16.9 Å². The Morgan fingerprint density at radius 2 is 2.06 bits per heavy atom. The largest absolute Gasteiger partial charge is 0.495 e. The van der Waals surface area contributed by atoms with Gasteiger partial charge in [-0.25, -0.2) is 0 Å². The molecule has 0 bridgehead atoms. The number of aromatic nitrogens is 1. The lowest BCUT2D eigenvalue weighted by Crippen LogP contribution is -2.18. The molecule has 0 radical (unpaired) electrons. The Morgan fingerprint density at radius 1 is 1.28 bits per heavy atom. The Bertz CT molecular complexity index is 676. The van der Waals surface area contributed by atoms with Gasteiger partial charge in [-0.3, -0.25) is 4.79 Å². The van der Waals surface area contributed by atoms with E-state index in [-0.39, 0.29) is 5.43 Å². The van der Waals surface area contributed by atoms with Crippen LogP contribution in [0.5, 0.6) is 5.75 Å². The molecule has 4 heteroatoms. The van der Waals surface area contributed by atoms with Gasteiger partial charge in [0.05, 0.1) is 23.0 Å². The maximum atomic E-state index is 12.5. The van der Waals surface area contributed by atoms with E-state index in [2.05, 4.69) is 4.98 Å². The summed E-state index contributed by atoms with van der Waals surface area (Å²) < 4.78 is 5.30. The van der Waals surface area contributed by atoms with Gasteiger partial charge in [0.25, 0.3) is 0 Å². The minimum Gasteiger partial charge on any atom is -0.495 e. The SMILES string of the molecule is COc1ccc(Cl)c2c(=O)c3c([nH]c12)CCCC3. The van der Waals surface area contributed by atoms with E-state index in [1.807, 2.05) is 0 Å². The highest BCUT2D eigenvalue weighted by molar-refractivity contribution is 6.35. The minimum absolute atomic E-state index is 0.0577. The predicted octanol–water partition coefficient (Wildman–Crippen LogP) is 3.07. The summed E-state index contributed by atoms with van der Waals surface area (Å²) >= 11 is 6.16. The molecule has 0 amide bonds. The van der Waals surface area contributed by atoms with E-state index in [4.69, 9.17) is 16.3 Å². The maximum absolute atomic E-state index is 12.5. The van der Waals surface area contributed by atoms with Crippen LogP contribution in [0.1, 0.15) is 24.1 Å². The summed E-state index contributed by atoms with van der Waals surface area (Å²) in [5, 5.41) is 1.04. The van der Waals surface area contributed by atoms with Gasteiger partial charge < -0.3 is 9.72 Å². The molecule has 0 saturated heterocycles. The van der Waals surface area contributed by atoms with Gasteiger partial charge in [0.2, 0.25) is 0 Å². The molecular formula is C14H14ClNO2. The Balaban J connectivity index is 2.45. The van der Waals surface area contributed by atoms with Crippen molar-refractivity contribution in [2.75, 3.05) is 7.11 Å². The molecular weight excluding hydrogens is 250 g/mol. The maximum Gasteiger partial charge on any atom is 0.194 e. The molecule has 1 aromatic heterocycles. The van der Waals surface area contributed by atoms with E-state index in [1.54, 1.807) is 19.2 Å². The van der Waals surface area contributed by atoms with Gasteiger partial charge in [0.15, 0.2) is 5.43 Å². The summed E-state index contributed by atoms with van der Waals surface area (Å²) in [7, 11) is 1.60. The van der Waals surface area contributed by atoms with Crippen molar-refractivity contribution in [2.24, 2.45) is 0 Å². The number of pyridine rings is 1. The molecule has 0 atom stereocenters. The zero-order chi connectivity index (χ0) is 12.7. The number of nitrogens with one attached hydrogen (secondary N) is 1. The van der Waals surface area contributed by atoms with Gasteiger partial charge in [-0.05, 0) is 37.8 Å².